The molecule has 1 saturated heterocycles. The summed E-state index contributed by atoms with van der Waals surface area (Å²) >= 11 is 3.49. The lowest BCUT2D eigenvalue weighted by atomic mass is 10.0. The van der Waals surface area contributed by atoms with Gasteiger partial charge in [0.15, 0.2) is 11.8 Å². The largest absolute Gasteiger partial charge is 0.356 e. The van der Waals surface area contributed by atoms with E-state index in [9.17, 15) is 0 Å². The predicted molar refractivity (Wildman–Crippen MR) is 110 cm³/mol. The highest BCUT2D eigenvalue weighted by Crippen LogP contribution is 2.16. The Morgan fingerprint density at radius 1 is 1.30 bits per heavy atom. The van der Waals surface area contributed by atoms with Crippen molar-refractivity contribution in [2.24, 2.45) is 4.99 Å². The highest BCUT2D eigenvalue weighted by atomic mass is 79.9. The Hall–Kier alpha value is -1.93. The van der Waals surface area contributed by atoms with Gasteiger partial charge in [-0.2, -0.15) is 4.98 Å². The van der Waals surface area contributed by atoms with Crippen molar-refractivity contribution in [3.8, 4) is 0 Å². The molecule has 0 atom stereocenters. The maximum atomic E-state index is 5.13. The topological polar surface area (TPSA) is 78.6 Å². The van der Waals surface area contributed by atoms with E-state index in [1.807, 2.05) is 6.92 Å². The maximum absolute atomic E-state index is 5.13. The van der Waals surface area contributed by atoms with Crippen LogP contribution in [0.15, 0.2) is 38.3 Å². The number of benzene rings is 1. The first-order valence-electron chi connectivity index (χ1n) is 9.35. The number of aryl methyl sites for hydroxylation is 1. The van der Waals surface area contributed by atoms with E-state index in [0.717, 1.165) is 42.9 Å². The first-order valence-corrected chi connectivity index (χ1v) is 10.1. The van der Waals surface area contributed by atoms with E-state index in [0.29, 0.717) is 30.7 Å². The first-order chi connectivity index (χ1) is 13.1. The van der Waals surface area contributed by atoms with Crippen LogP contribution in [0.1, 0.15) is 30.1 Å². The van der Waals surface area contributed by atoms with Crippen LogP contribution in [0.4, 0.5) is 0 Å². The molecule has 0 aliphatic carbocycles. The molecular formula is C19H27BrN6O. The molecule has 0 saturated carbocycles. The van der Waals surface area contributed by atoms with Crippen molar-refractivity contribution in [3.63, 3.8) is 0 Å². The first kappa shape index (κ1) is 19.8. The molecule has 0 amide bonds. The SMILES string of the molecule is CN=C(NCCc1nc(C)no1)NC1CCN(Cc2ccc(Br)cc2)CC1. The molecule has 1 aromatic carbocycles. The molecule has 0 radical (unpaired) electrons. The molecule has 1 fully saturated rings. The number of nitrogens with zero attached hydrogens (tertiary/aromatic N) is 4. The highest BCUT2D eigenvalue weighted by Gasteiger charge is 2.20. The van der Waals surface area contributed by atoms with Gasteiger partial charge in [0.05, 0.1) is 0 Å². The van der Waals surface area contributed by atoms with Crippen LogP contribution in [0.2, 0.25) is 0 Å². The van der Waals surface area contributed by atoms with E-state index in [1.165, 1.54) is 5.56 Å². The number of likely N-dealkylation sites (tertiary alicyclic amines) is 1. The zero-order valence-electron chi connectivity index (χ0n) is 15.9. The van der Waals surface area contributed by atoms with Crippen molar-refractivity contribution in [2.45, 2.75) is 38.8 Å². The summed E-state index contributed by atoms with van der Waals surface area (Å²) in [7, 11) is 1.80. The Morgan fingerprint density at radius 2 is 2.04 bits per heavy atom. The summed E-state index contributed by atoms with van der Waals surface area (Å²) < 4.78 is 6.25. The molecule has 2 heterocycles. The van der Waals surface area contributed by atoms with Gasteiger partial charge in [-0.15, -0.1) is 0 Å². The van der Waals surface area contributed by atoms with Gasteiger partial charge in [0.1, 0.15) is 0 Å². The van der Waals surface area contributed by atoms with E-state index >= 15 is 0 Å². The summed E-state index contributed by atoms with van der Waals surface area (Å²) in [4.78, 5) is 11.0. The number of rotatable bonds is 6. The number of piperidine rings is 1. The number of aromatic nitrogens is 2. The molecule has 3 rings (SSSR count). The molecule has 0 spiro atoms. The Kier molecular flexibility index (Phi) is 7.23. The van der Waals surface area contributed by atoms with Gasteiger partial charge in [-0.3, -0.25) is 9.89 Å². The molecule has 7 nitrogen and oxygen atoms in total. The molecule has 2 aromatic rings. The summed E-state index contributed by atoms with van der Waals surface area (Å²) in [5.41, 5.74) is 1.36. The van der Waals surface area contributed by atoms with Gasteiger partial charge in [0.2, 0.25) is 5.89 Å². The fourth-order valence-corrected chi connectivity index (χ4v) is 3.47. The van der Waals surface area contributed by atoms with Crippen molar-refractivity contribution >= 4 is 21.9 Å². The van der Waals surface area contributed by atoms with E-state index in [1.54, 1.807) is 7.05 Å². The third-order valence-electron chi connectivity index (χ3n) is 4.67. The molecule has 0 bridgehead atoms. The van der Waals surface area contributed by atoms with Crippen LogP contribution in [0.3, 0.4) is 0 Å². The summed E-state index contributed by atoms with van der Waals surface area (Å²) in [6.07, 6.45) is 2.91. The minimum atomic E-state index is 0.447. The number of hydrogen-bond donors (Lipinski definition) is 2. The van der Waals surface area contributed by atoms with Crippen molar-refractivity contribution in [1.29, 1.82) is 0 Å². The lowest BCUT2D eigenvalue weighted by Gasteiger charge is -2.33. The Morgan fingerprint density at radius 3 is 2.67 bits per heavy atom. The Labute approximate surface area is 168 Å². The second kappa shape index (κ2) is 9.85. The monoisotopic (exact) mass is 434 g/mol. The maximum Gasteiger partial charge on any atom is 0.228 e. The fraction of sp³-hybridized carbons (Fsp3) is 0.526. The van der Waals surface area contributed by atoms with Crippen LogP contribution in [-0.4, -0.2) is 53.7 Å². The second-order valence-electron chi connectivity index (χ2n) is 6.81. The number of halogens is 1. The van der Waals surface area contributed by atoms with Crippen molar-refractivity contribution in [2.75, 3.05) is 26.7 Å². The predicted octanol–water partition coefficient (Wildman–Crippen LogP) is 2.51. The normalized spacial score (nSPS) is 16.5. The number of nitrogens with one attached hydrogen (secondary N) is 2. The Balaban J connectivity index is 1.37. The minimum absolute atomic E-state index is 0.447. The number of aliphatic imine (C=N–C) groups is 1. The van der Waals surface area contributed by atoms with E-state index in [-0.39, 0.29) is 0 Å². The molecule has 2 N–H and O–H groups in total. The Bertz CT molecular complexity index is 737. The average molecular weight is 435 g/mol. The lowest BCUT2D eigenvalue weighted by Crippen LogP contribution is -2.48. The van der Waals surface area contributed by atoms with Gasteiger partial charge >= 0.3 is 0 Å². The molecule has 1 aliphatic rings. The summed E-state index contributed by atoms with van der Waals surface area (Å²) in [5, 5.41) is 10.7. The zero-order chi connectivity index (χ0) is 19.1. The zero-order valence-corrected chi connectivity index (χ0v) is 17.5. The van der Waals surface area contributed by atoms with Gasteiger partial charge in [-0.05, 0) is 37.5 Å². The van der Waals surface area contributed by atoms with Crippen molar-refractivity contribution < 1.29 is 4.52 Å². The summed E-state index contributed by atoms with van der Waals surface area (Å²) in [6.45, 7) is 5.72. The van der Waals surface area contributed by atoms with Crippen LogP contribution < -0.4 is 10.6 Å². The molecule has 8 heteroatoms. The molecule has 1 aromatic heterocycles. The average Bonchev–Trinajstić information content (AvgIpc) is 3.09. The van der Waals surface area contributed by atoms with Gasteiger partial charge in [0.25, 0.3) is 0 Å². The number of hydrogen-bond acceptors (Lipinski definition) is 5. The van der Waals surface area contributed by atoms with Crippen molar-refractivity contribution in [3.05, 3.63) is 46.0 Å². The van der Waals surface area contributed by atoms with Gasteiger partial charge in [-0.25, -0.2) is 0 Å². The smallest absolute Gasteiger partial charge is 0.228 e. The van der Waals surface area contributed by atoms with E-state index in [2.05, 4.69) is 70.9 Å². The second-order valence-corrected chi connectivity index (χ2v) is 7.72. The fourth-order valence-electron chi connectivity index (χ4n) is 3.20. The quantitative estimate of drug-likeness (QED) is 0.537. The molecule has 0 unspecified atom stereocenters. The van der Waals surface area contributed by atoms with Gasteiger partial charge < -0.3 is 15.2 Å². The van der Waals surface area contributed by atoms with Crippen LogP contribution >= 0.6 is 15.9 Å². The third kappa shape index (κ3) is 6.32. The molecule has 27 heavy (non-hydrogen) atoms. The van der Waals surface area contributed by atoms with E-state index in [4.69, 9.17) is 4.52 Å². The van der Waals surface area contributed by atoms with Crippen LogP contribution in [0, 0.1) is 6.92 Å². The molecule has 146 valence electrons. The highest BCUT2D eigenvalue weighted by molar-refractivity contribution is 9.10. The summed E-state index contributed by atoms with van der Waals surface area (Å²) in [6, 6.07) is 9.03. The minimum Gasteiger partial charge on any atom is -0.356 e. The molecular weight excluding hydrogens is 408 g/mol. The van der Waals surface area contributed by atoms with Crippen LogP contribution in [-0.2, 0) is 13.0 Å². The lowest BCUT2D eigenvalue weighted by molar-refractivity contribution is 0.198. The van der Waals surface area contributed by atoms with Crippen molar-refractivity contribution in [1.82, 2.24) is 25.7 Å². The third-order valence-corrected chi connectivity index (χ3v) is 5.20. The standard InChI is InChI=1S/C19H27BrN6O/c1-14-23-18(27-25-14)7-10-22-19(21-2)24-17-8-11-26(12-9-17)13-15-3-5-16(20)6-4-15/h3-6,17H,7-13H2,1-2H3,(H2,21,22,24). The summed E-state index contributed by atoms with van der Waals surface area (Å²) in [5.74, 6) is 2.15. The van der Waals surface area contributed by atoms with E-state index < -0.39 is 0 Å². The van der Waals surface area contributed by atoms with Crippen LogP contribution in [0.5, 0.6) is 0 Å². The molecule has 1 aliphatic heterocycles. The van der Waals surface area contributed by atoms with Gasteiger partial charge in [-0.1, -0.05) is 33.2 Å². The van der Waals surface area contributed by atoms with Crippen LogP contribution in [0.25, 0.3) is 0 Å². The number of guanidine groups is 1. The van der Waals surface area contributed by atoms with Gasteiger partial charge in [0, 0.05) is 50.2 Å².